The minimum absolute atomic E-state index is 0.534. The van der Waals surface area contributed by atoms with Crippen LogP contribution in [-0.2, 0) is 6.54 Å². The van der Waals surface area contributed by atoms with Crippen molar-refractivity contribution in [3.8, 4) is 11.4 Å². The maximum Gasteiger partial charge on any atom is 0.183 e. The van der Waals surface area contributed by atoms with Crippen molar-refractivity contribution in [2.45, 2.75) is 26.8 Å². The number of rotatable bonds is 4. The average molecular weight is 310 g/mol. The zero-order valence-corrected chi connectivity index (χ0v) is 12.1. The lowest BCUT2D eigenvalue weighted by atomic mass is 10.1. The van der Waals surface area contributed by atoms with E-state index in [4.69, 9.17) is 5.73 Å². The molecule has 0 radical (unpaired) electrons. The normalized spacial score (nSPS) is 12.6. The summed E-state index contributed by atoms with van der Waals surface area (Å²) in [6, 6.07) is 5.70. The summed E-state index contributed by atoms with van der Waals surface area (Å²) in [4.78, 5) is 0. The zero-order chi connectivity index (χ0) is 13.1. The van der Waals surface area contributed by atoms with E-state index in [1.54, 1.807) is 0 Å². The predicted molar refractivity (Wildman–Crippen MR) is 74.8 cm³/mol. The number of nitrogens with two attached hydrogens (primary N) is 1. The maximum atomic E-state index is 5.88. The largest absolute Gasteiger partial charge is 0.398 e. The van der Waals surface area contributed by atoms with Gasteiger partial charge in [0.15, 0.2) is 5.82 Å². The number of hydrogen-bond acceptors (Lipinski definition) is 4. The van der Waals surface area contributed by atoms with E-state index in [1.807, 2.05) is 22.9 Å². The quantitative estimate of drug-likeness (QED) is 0.882. The summed E-state index contributed by atoms with van der Waals surface area (Å²) >= 11 is 3.49. The maximum absolute atomic E-state index is 5.88. The first-order valence-corrected chi connectivity index (χ1v) is 6.73. The van der Waals surface area contributed by atoms with Crippen molar-refractivity contribution in [2.75, 3.05) is 5.73 Å². The SMILES string of the molecule is CCC(C)Cn1nnnc1-c1cccc(N)c1Br. The van der Waals surface area contributed by atoms with Gasteiger partial charge in [0, 0.05) is 17.8 Å². The van der Waals surface area contributed by atoms with Crippen LogP contribution < -0.4 is 5.73 Å². The molecule has 1 atom stereocenters. The monoisotopic (exact) mass is 309 g/mol. The highest BCUT2D eigenvalue weighted by Crippen LogP contribution is 2.31. The van der Waals surface area contributed by atoms with Crippen molar-refractivity contribution >= 4 is 21.6 Å². The summed E-state index contributed by atoms with van der Waals surface area (Å²) in [5, 5.41) is 11.9. The molecule has 0 saturated heterocycles. The molecule has 2 N–H and O–H groups in total. The molecule has 0 aliphatic heterocycles. The molecule has 1 heterocycles. The minimum atomic E-state index is 0.534. The summed E-state index contributed by atoms with van der Waals surface area (Å²) in [7, 11) is 0. The summed E-state index contributed by atoms with van der Waals surface area (Å²) in [6.07, 6.45) is 1.09. The topological polar surface area (TPSA) is 69.6 Å². The first kappa shape index (κ1) is 13.0. The van der Waals surface area contributed by atoms with Crippen LogP contribution >= 0.6 is 15.9 Å². The smallest absolute Gasteiger partial charge is 0.183 e. The first-order valence-electron chi connectivity index (χ1n) is 5.94. The highest BCUT2D eigenvalue weighted by atomic mass is 79.9. The van der Waals surface area contributed by atoms with E-state index in [0.717, 1.165) is 28.8 Å². The minimum Gasteiger partial charge on any atom is -0.398 e. The molecule has 0 bridgehead atoms. The van der Waals surface area contributed by atoms with Gasteiger partial charge in [-0.3, -0.25) is 0 Å². The average Bonchev–Trinajstić information content (AvgIpc) is 2.80. The molecular weight excluding hydrogens is 294 g/mol. The van der Waals surface area contributed by atoms with Crippen molar-refractivity contribution in [3.05, 3.63) is 22.7 Å². The molecule has 0 aliphatic rings. The fourth-order valence-electron chi connectivity index (χ4n) is 1.67. The Morgan fingerprint density at radius 2 is 2.22 bits per heavy atom. The number of nitrogen functional groups attached to an aromatic ring is 1. The molecule has 1 aromatic carbocycles. The lowest BCUT2D eigenvalue weighted by molar-refractivity contribution is 0.434. The van der Waals surface area contributed by atoms with Gasteiger partial charge >= 0.3 is 0 Å². The fourth-order valence-corrected chi connectivity index (χ4v) is 2.11. The van der Waals surface area contributed by atoms with Gasteiger partial charge in [0.2, 0.25) is 0 Å². The Kier molecular flexibility index (Phi) is 3.96. The third kappa shape index (κ3) is 2.53. The Morgan fingerprint density at radius 3 is 2.94 bits per heavy atom. The predicted octanol–water partition coefficient (Wildman–Crippen LogP) is 2.73. The standard InChI is InChI=1S/C12H16BrN5/c1-3-8(2)7-18-12(15-16-17-18)9-5-4-6-10(14)11(9)13/h4-6,8H,3,7,14H2,1-2H3. The van der Waals surface area contributed by atoms with Gasteiger partial charge in [0.1, 0.15) is 0 Å². The summed E-state index contributed by atoms with van der Waals surface area (Å²) < 4.78 is 2.67. The number of aromatic nitrogens is 4. The van der Waals surface area contributed by atoms with Crippen molar-refractivity contribution in [1.82, 2.24) is 20.2 Å². The zero-order valence-electron chi connectivity index (χ0n) is 10.5. The Bertz CT molecular complexity index is 537. The number of halogens is 1. The summed E-state index contributed by atoms with van der Waals surface area (Å²) in [5.74, 6) is 1.28. The number of nitrogens with zero attached hydrogens (tertiary/aromatic N) is 4. The van der Waals surface area contributed by atoms with E-state index in [1.165, 1.54) is 0 Å². The van der Waals surface area contributed by atoms with Crippen molar-refractivity contribution < 1.29 is 0 Å². The van der Waals surface area contributed by atoms with Crippen LogP contribution in [0.1, 0.15) is 20.3 Å². The second-order valence-electron chi connectivity index (χ2n) is 4.41. The third-order valence-electron chi connectivity index (χ3n) is 2.98. The Morgan fingerprint density at radius 1 is 1.44 bits per heavy atom. The molecule has 96 valence electrons. The third-order valence-corrected chi connectivity index (χ3v) is 3.87. The number of tetrazole rings is 1. The molecule has 1 unspecified atom stereocenters. The molecule has 18 heavy (non-hydrogen) atoms. The fraction of sp³-hybridized carbons (Fsp3) is 0.417. The summed E-state index contributed by atoms with van der Waals surface area (Å²) in [6.45, 7) is 5.14. The summed E-state index contributed by atoms with van der Waals surface area (Å²) in [5.41, 5.74) is 7.48. The van der Waals surface area contributed by atoms with Gasteiger partial charge in [-0.2, -0.15) is 0 Å². The highest BCUT2D eigenvalue weighted by molar-refractivity contribution is 9.10. The van der Waals surface area contributed by atoms with Gasteiger partial charge in [-0.05, 0) is 44.4 Å². The van der Waals surface area contributed by atoms with Gasteiger partial charge in [-0.25, -0.2) is 4.68 Å². The lowest BCUT2D eigenvalue weighted by Crippen LogP contribution is -2.10. The molecule has 6 heteroatoms. The van der Waals surface area contributed by atoms with Crippen LogP contribution in [0, 0.1) is 5.92 Å². The second-order valence-corrected chi connectivity index (χ2v) is 5.20. The van der Waals surface area contributed by atoms with Gasteiger partial charge in [-0.15, -0.1) is 5.10 Å². The van der Waals surface area contributed by atoms with E-state index in [0.29, 0.717) is 11.6 Å². The molecule has 1 aromatic heterocycles. The van der Waals surface area contributed by atoms with Gasteiger partial charge in [0.05, 0.1) is 4.47 Å². The van der Waals surface area contributed by atoms with E-state index in [9.17, 15) is 0 Å². The second kappa shape index (κ2) is 5.48. The molecule has 0 spiro atoms. The van der Waals surface area contributed by atoms with Crippen molar-refractivity contribution in [1.29, 1.82) is 0 Å². The van der Waals surface area contributed by atoms with Crippen LogP contribution in [0.5, 0.6) is 0 Å². The molecule has 5 nitrogen and oxygen atoms in total. The van der Waals surface area contributed by atoms with Gasteiger partial charge in [0.25, 0.3) is 0 Å². The van der Waals surface area contributed by atoms with Crippen LogP contribution in [0.4, 0.5) is 5.69 Å². The van der Waals surface area contributed by atoms with Crippen LogP contribution in [-0.4, -0.2) is 20.2 Å². The molecule has 0 aliphatic carbocycles. The highest BCUT2D eigenvalue weighted by Gasteiger charge is 2.14. The molecule has 2 aromatic rings. The number of anilines is 1. The van der Waals surface area contributed by atoms with Crippen LogP contribution in [0.15, 0.2) is 22.7 Å². The molecular formula is C12H16BrN5. The lowest BCUT2D eigenvalue weighted by Gasteiger charge is -2.11. The Balaban J connectivity index is 2.39. The molecule has 0 fully saturated rings. The Labute approximate surface area is 115 Å². The van der Waals surface area contributed by atoms with E-state index in [2.05, 4.69) is 45.3 Å². The van der Waals surface area contributed by atoms with Crippen LogP contribution in [0.3, 0.4) is 0 Å². The van der Waals surface area contributed by atoms with Crippen LogP contribution in [0.2, 0.25) is 0 Å². The van der Waals surface area contributed by atoms with Gasteiger partial charge < -0.3 is 5.73 Å². The first-order chi connectivity index (χ1) is 8.63. The molecule has 0 amide bonds. The Hall–Kier alpha value is -1.43. The number of benzene rings is 1. The van der Waals surface area contributed by atoms with Gasteiger partial charge in [-0.1, -0.05) is 26.3 Å². The number of hydrogen-bond donors (Lipinski definition) is 1. The van der Waals surface area contributed by atoms with Crippen molar-refractivity contribution in [3.63, 3.8) is 0 Å². The molecule has 2 rings (SSSR count). The van der Waals surface area contributed by atoms with E-state index < -0.39 is 0 Å². The van der Waals surface area contributed by atoms with E-state index >= 15 is 0 Å². The van der Waals surface area contributed by atoms with Crippen LogP contribution in [0.25, 0.3) is 11.4 Å². The van der Waals surface area contributed by atoms with E-state index in [-0.39, 0.29) is 0 Å². The van der Waals surface area contributed by atoms with Crippen molar-refractivity contribution in [2.24, 2.45) is 5.92 Å². The molecule has 0 saturated carbocycles.